The van der Waals surface area contributed by atoms with Gasteiger partial charge in [-0.3, -0.25) is 0 Å². The van der Waals surface area contributed by atoms with Gasteiger partial charge >= 0.3 is 5.97 Å². The minimum absolute atomic E-state index is 0.473. The second-order valence-corrected chi connectivity index (χ2v) is 4.37. The fourth-order valence-electron chi connectivity index (χ4n) is 2.20. The summed E-state index contributed by atoms with van der Waals surface area (Å²) in [4.78, 5) is 12.8. The van der Waals surface area contributed by atoms with Crippen molar-refractivity contribution in [1.82, 2.24) is 0 Å². The average Bonchev–Trinajstić information content (AvgIpc) is 2.64. The summed E-state index contributed by atoms with van der Waals surface area (Å²) in [6.45, 7) is 2.42. The Morgan fingerprint density at radius 3 is 2.82 bits per heavy atom. The molecular formula is C12H16N2O3. The lowest BCUT2D eigenvalue weighted by molar-refractivity contribution is -0.140. The van der Waals surface area contributed by atoms with Gasteiger partial charge in [-0.2, -0.15) is 0 Å². The van der Waals surface area contributed by atoms with Gasteiger partial charge in [0.15, 0.2) is 6.04 Å². The van der Waals surface area contributed by atoms with Gasteiger partial charge < -0.3 is 20.8 Å². The van der Waals surface area contributed by atoms with Gasteiger partial charge in [0.05, 0.1) is 6.10 Å². The number of aryl methyl sites for hydroxylation is 1. The van der Waals surface area contributed by atoms with Crippen LogP contribution in [0, 0.1) is 6.92 Å². The van der Waals surface area contributed by atoms with Crippen LogP contribution in [0.5, 0.6) is 0 Å². The first-order chi connectivity index (χ1) is 8.00. The fraction of sp³-hybridized carbons (Fsp3) is 0.417. The average molecular weight is 236 g/mol. The molecule has 1 aromatic rings. The van der Waals surface area contributed by atoms with Gasteiger partial charge in [-0.15, -0.1) is 0 Å². The molecule has 1 saturated heterocycles. The lowest BCUT2D eigenvalue weighted by atomic mass is 10.1. The van der Waals surface area contributed by atoms with Crippen molar-refractivity contribution in [3.8, 4) is 0 Å². The molecule has 0 radical (unpaired) electrons. The topological polar surface area (TPSA) is 86.8 Å². The maximum absolute atomic E-state index is 11.1. The Bertz CT molecular complexity index is 447. The Hall–Kier alpha value is -1.75. The summed E-state index contributed by atoms with van der Waals surface area (Å²) >= 11 is 0. The molecule has 1 heterocycles. The fourth-order valence-corrected chi connectivity index (χ4v) is 2.20. The molecule has 1 aromatic carbocycles. The summed E-state index contributed by atoms with van der Waals surface area (Å²) in [6.07, 6.45) is -0.342. The highest BCUT2D eigenvalue weighted by Crippen LogP contribution is 2.28. The molecule has 5 heteroatoms. The van der Waals surface area contributed by atoms with Crippen molar-refractivity contribution in [3.63, 3.8) is 0 Å². The molecule has 5 nitrogen and oxygen atoms in total. The van der Waals surface area contributed by atoms with Gasteiger partial charge in [-0.1, -0.05) is 0 Å². The van der Waals surface area contributed by atoms with Crippen molar-refractivity contribution >= 4 is 17.3 Å². The standard InChI is InChI=1S/C12H16N2O3/c1-7-6-8(2-3-9(7)13)14-5-4-10(15)11(14)12(16)17/h2-3,6,10-11,15H,4-5,13H2,1H3,(H,16,17). The van der Waals surface area contributed by atoms with Crippen LogP contribution in [-0.4, -0.2) is 34.9 Å². The maximum Gasteiger partial charge on any atom is 0.329 e. The number of aliphatic hydroxyl groups excluding tert-OH is 1. The number of nitrogens with zero attached hydrogens (tertiary/aromatic N) is 1. The molecule has 0 bridgehead atoms. The molecule has 0 amide bonds. The van der Waals surface area contributed by atoms with E-state index in [1.807, 2.05) is 13.0 Å². The second-order valence-electron chi connectivity index (χ2n) is 4.37. The van der Waals surface area contributed by atoms with Crippen molar-refractivity contribution in [1.29, 1.82) is 0 Å². The van der Waals surface area contributed by atoms with Crippen LogP contribution in [0.2, 0.25) is 0 Å². The SMILES string of the molecule is Cc1cc(N2CCC(O)C2C(=O)O)ccc1N. The quantitative estimate of drug-likeness (QED) is 0.655. The molecule has 2 unspecified atom stereocenters. The van der Waals surface area contributed by atoms with E-state index in [0.717, 1.165) is 11.3 Å². The van der Waals surface area contributed by atoms with Gasteiger partial charge in [-0.25, -0.2) is 4.79 Å². The molecule has 4 N–H and O–H groups in total. The monoisotopic (exact) mass is 236 g/mol. The molecule has 1 aliphatic heterocycles. The van der Waals surface area contributed by atoms with E-state index in [0.29, 0.717) is 18.7 Å². The normalized spacial score (nSPS) is 24.0. The van der Waals surface area contributed by atoms with E-state index in [4.69, 9.17) is 10.8 Å². The van der Waals surface area contributed by atoms with E-state index in [-0.39, 0.29) is 0 Å². The van der Waals surface area contributed by atoms with E-state index >= 15 is 0 Å². The van der Waals surface area contributed by atoms with Crippen LogP contribution < -0.4 is 10.6 Å². The van der Waals surface area contributed by atoms with Crippen molar-refractivity contribution in [3.05, 3.63) is 23.8 Å². The lowest BCUT2D eigenvalue weighted by Gasteiger charge is -2.25. The van der Waals surface area contributed by atoms with Crippen LogP contribution in [0.1, 0.15) is 12.0 Å². The third kappa shape index (κ3) is 2.06. The van der Waals surface area contributed by atoms with Gasteiger partial charge in [0.2, 0.25) is 0 Å². The number of carboxylic acid groups (broad SMARTS) is 1. The van der Waals surface area contributed by atoms with Gasteiger partial charge in [-0.05, 0) is 37.1 Å². The molecule has 2 rings (SSSR count). The largest absolute Gasteiger partial charge is 0.480 e. The molecule has 0 aromatic heterocycles. The third-order valence-corrected chi connectivity index (χ3v) is 3.20. The van der Waals surface area contributed by atoms with Crippen molar-refractivity contribution < 1.29 is 15.0 Å². The zero-order chi connectivity index (χ0) is 12.6. The smallest absolute Gasteiger partial charge is 0.329 e. The number of hydrogen-bond acceptors (Lipinski definition) is 4. The minimum Gasteiger partial charge on any atom is -0.480 e. The van der Waals surface area contributed by atoms with Crippen LogP contribution in [0.15, 0.2) is 18.2 Å². The van der Waals surface area contributed by atoms with Crippen LogP contribution in [0.25, 0.3) is 0 Å². The highest BCUT2D eigenvalue weighted by molar-refractivity contribution is 5.80. The summed E-state index contributed by atoms with van der Waals surface area (Å²) in [5.41, 5.74) is 8.11. The van der Waals surface area contributed by atoms with Crippen molar-refractivity contribution in [2.24, 2.45) is 0 Å². The molecule has 0 spiro atoms. The number of carbonyl (C=O) groups is 1. The predicted molar refractivity (Wildman–Crippen MR) is 65.0 cm³/mol. The Balaban J connectivity index is 2.32. The molecule has 92 valence electrons. The number of aliphatic carboxylic acids is 1. The Morgan fingerprint density at radius 2 is 2.24 bits per heavy atom. The number of hydrogen-bond donors (Lipinski definition) is 3. The molecule has 0 aliphatic carbocycles. The number of nitrogens with two attached hydrogens (primary N) is 1. The highest BCUT2D eigenvalue weighted by atomic mass is 16.4. The Kier molecular flexibility index (Phi) is 2.93. The predicted octanol–water partition coefficient (Wildman–Crippen LogP) is 0.601. The van der Waals surface area contributed by atoms with Crippen LogP contribution >= 0.6 is 0 Å². The summed E-state index contributed by atoms with van der Waals surface area (Å²) < 4.78 is 0. The maximum atomic E-state index is 11.1. The van der Waals surface area contributed by atoms with Gasteiger partial charge in [0, 0.05) is 17.9 Å². The number of nitrogen functional groups attached to an aromatic ring is 1. The molecule has 2 atom stereocenters. The Labute approximate surface area is 99.5 Å². The van der Waals surface area contributed by atoms with Crippen LogP contribution in [0.3, 0.4) is 0 Å². The van der Waals surface area contributed by atoms with Gasteiger partial charge in [0.25, 0.3) is 0 Å². The zero-order valence-electron chi connectivity index (χ0n) is 9.63. The molecule has 0 saturated carbocycles. The summed E-state index contributed by atoms with van der Waals surface area (Å²) in [5.74, 6) is -0.996. The Morgan fingerprint density at radius 1 is 1.53 bits per heavy atom. The first-order valence-corrected chi connectivity index (χ1v) is 5.54. The van der Waals surface area contributed by atoms with Gasteiger partial charge in [0.1, 0.15) is 0 Å². The summed E-state index contributed by atoms with van der Waals surface area (Å²) in [6, 6.07) is 4.53. The highest BCUT2D eigenvalue weighted by Gasteiger charge is 2.38. The van der Waals surface area contributed by atoms with Crippen molar-refractivity contribution in [2.75, 3.05) is 17.2 Å². The number of carboxylic acids is 1. The molecule has 1 aliphatic rings. The molecule has 1 fully saturated rings. The molecular weight excluding hydrogens is 220 g/mol. The van der Waals surface area contributed by atoms with Crippen molar-refractivity contribution in [2.45, 2.75) is 25.5 Å². The first kappa shape index (κ1) is 11.7. The minimum atomic E-state index is -0.996. The summed E-state index contributed by atoms with van der Waals surface area (Å²) in [7, 11) is 0. The third-order valence-electron chi connectivity index (χ3n) is 3.20. The van der Waals surface area contributed by atoms with E-state index in [2.05, 4.69) is 0 Å². The zero-order valence-corrected chi connectivity index (χ0v) is 9.63. The van der Waals surface area contributed by atoms with E-state index < -0.39 is 18.1 Å². The summed E-state index contributed by atoms with van der Waals surface area (Å²) in [5, 5.41) is 18.8. The first-order valence-electron chi connectivity index (χ1n) is 5.54. The number of rotatable bonds is 2. The van der Waals surface area contributed by atoms with E-state index in [1.165, 1.54) is 0 Å². The number of benzene rings is 1. The van der Waals surface area contributed by atoms with Crippen LogP contribution in [0.4, 0.5) is 11.4 Å². The second kappa shape index (κ2) is 4.25. The number of aliphatic hydroxyl groups is 1. The lowest BCUT2D eigenvalue weighted by Crippen LogP contribution is -2.42. The van der Waals surface area contributed by atoms with Crippen LogP contribution in [-0.2, 0) is 4.79 Å². The molecule has 17 heavy (non-hydrogen) atoms. The van der Waals surface area contributed by atoms with E-state index in [9.17, 15) is 9.90 Å². The number of anilines is 2. The van der Waals surface area contributed by atoms with E-state index in [1.54, 1.807) is 17.0 Å².